The molecule has 2 heterocycles. The van der Waals surface area contributed by atoms with E-state index in [1.165, 1.54) is 0 Å². The first-order chi connectivity index (χ1) is 11.1. The standard InChI is InChI=1S/C17H27NO5/c1-3-21-14(19)11-12-7-5-9-17-10-6-8-13(23-18(12)17)15(17)16(20)22-4-2/h12-13,15H,3-11H2,1-2H3/t12-,13-,15+,17+/m0/s1. The summed E-state index contributed by atoms with van der Waals surface area (Å²) in [4.78, 5) is 30.6. The molecule has 0 aromatic heterocycles. The molecule has 6 heteroatoms. The fraction of sp³-hybridized carbons (Fsp3) is 0.882. The van der Waals surface area contributed by atoms with Crippen molar-refractivity contribution in [2.45, 2.75) is 76.5 Å². The van der Waals surface area contributed by atoms with Gasteiger partial charge in [0.2, 0.25) is 0 Å². The summed E-state index contributed by atoms with van der Waals surface area (Å²) in [6.07, 6.45) is 5.95. The van der Waals surface area contributed by atoms with Gasteiger partial charge >= 0.3 is 11.9 Å². The zero-order valence-corrected chi connectivity index (χ0v) is 14.1. The zero-order valence-electron chi connectivity index (χ0n) is 14.1. The van der Waals surface area contributed by atoms with Crippen LogP contribution in [-0.2, 0) is 23.9 Å². The molecule has 3 aliphatic rings. The van der Waals surface area contributed by atoms with Crippen molar-refractivity contribution >= 4 is 11.9 Å². The maximum Gasteiger partial charge on any atom is 0.313 e. The van der Waals surface area contributed by atoms with Crippen molar-refractivity contribution in [2.75, 3.05) is 13.2 Å². The maximum absolute atomic E-state index is 12.5. The van der Waals surface area contributed by atoms with Gasteiger partial charge in [-0.15, -0.1) is 0 Å². The average Bonchev–Trinajstić information content (AvgIpc) is 2.71. The van der Waals surface area contributed by atoms with Gasteiger partial charge in [-0.1, -0.05) is 0 Å². The summed E-state index contributed by atoms with van der Waals surface area (Å²) in [5.74, 6) is -0.551. The number of hydrogen-bond acceptors (Lipinski definition) is 6. The highest BCUT2D eigenvalue weighted by molar-refractivity contribution is 5.76. The number of esters is 2. The molecule has 0 aromatic rings. The molecule has 3 fully saturated rings. The molecule has 6 nitrogen and oxygen atoms in total. The van der Waals surface area contributed by atoms with Crippen LogP contribution in [0.15, 0.2) is 0 Å². The van der Waals surface area contributed by atoms with Crippen LogP contribution >= 0.6 is 0 Å². The number of carbonyl (C=O) groups is 2. The third-order valence-corrected chi connectivity index (χ3v) is 5.46. The number of nitrogens with zero attached hydrogens (tertiary/aromatic N) is 1. The lowest BCUT2D eigenvalue weighted by atomic mass is 9.67. The third-order valence-electron chi connectivity index (χ3n) is 5.46. The Morgan fingerprint density at radius 2 is 1.83 bits per heavy atom. The summed E-state index contributed by atoms with van der Waals surface area (Å²) >= 11 is 0. The maximum atomic E-state index is 12.5. The van der Waals surface area contributed by atoms with E-state index >= 15 is 0 Å². The number of fused-ring (bicyclic) bond motifs is 1. The molecule has 2 bridgehead atoms. The molecule has 130 valence electrons. The molecule has 1 saturated carbocycles. The first kappa shape index (κ1) is 16.7. The van der Waals surface area contributed by atoms with Gasteiger partial charge < -0.3 is 9.47 Å². The van der Waals surface area contributed by atoms with E-state index in [-0.39, 0.29) is 35.5 Å². The molecule has 23 heavy (non-hydrogen) atoms. The largest absolute Gasteiger partial charge is 0.466 e. The summed E-state index contributed by atoms with van der Waals surface area (Å²) in [7, 11) is 0. The van der Waals surface area contributed by atoms with E-state index in [4.69, 9.17) is 14.3 Å². The Hall–Kier alpha value is -1.14. The number of ether oxygens (including phenoxy) is 2. The van der Waals surface area contributed by atoms with Gasteiger partial charge in [0, 0.05) is 6.04 Å². The van der Waals surface area contributed by atoms with Gasteiger partial charge in [0.05, 0.1) is 31.3 Å². The van der Waals surface area contributed by atoms with Gasteiger partial charge in [-0.05, 0) is 52.4 Å². The molecule has 3 rings (SSSR count). The second-order valence-corrected chi connectivity index (χ2v) is 6.75. The average molecular weight is 325 g/mol. The number of hydrogen-bond donors (Lipinski definition) is 0. The molecular weight excluding hydrogens is 298 g/mol. The van der Waals surface area contributed by atoms with Crippen molar-refractivity contribution in [3.63, 3.8) is 0 Å². The van der Waals surface area contributed by atoms with E-state index in [0.29, 0.717) is 19.6 Å². The number of carbonyl (C=O) groups excluding carboxylic acids is 2. The summed E-state index contributed by atoms with van der Waals surface area (Å²) in [5, 5.41) is 1.99. The fourth-order valence-electron chi connectivity index (χ4n) is 4.69. The van der Waals surface area contributed by atoms with Crippen molar-refractivity contribution in [2.24, 2.45) is 5.92 Å². The van der Waals surface area contributed by atoms with Gasteiger partial charge in [0.25, 0.3) is 0 Å². The van der Waals surface area contributed by atoms with E-state index < -0.39 is 0 Å². The van der Waals surface area contributed by atoms with E-state index in [9.17, 15) is 9.59 Å². The van der Waals surface area contributed by atoms with Crippen LogP contribution in [0.25, 0.3) is 0 Å². The van der Waals surface area contributed by atoms with Crippen molar-refractivity contribution in [1.82, 2.24) is 5.06 Å². The van der Waals surface area contributed by atoms with E-state index in [2.05, 4.69) is 0 Å². The molecule has 4 atom stereocenters. The highest BCUT2D eigenvalue weighted by Crippen LogP contribution is 2.53. The quantitative estimate of drug-likeness (QED) is 0.722. The fourth-order valence-corrected chi connectivity index (χ4v) is 4.69. The first-order valence-electron chi connectivity index (χ1n) is 8.90. The molecule has 1 spiro atoms. The van der Waals surface area contributed by atoms with E-state index in [1.54, 1.807) is 0 Å². The summed E-state index contributed by atoms with van der Waals surface area (Å²) < 4.78 is 10.4. The van der Waals surface area contributed by atoms with Gasteiger partial charge in [0.1, 0.15) is 5.92 Å². The lowest BCUT2D eigenvalue weighted by Crippen LogP contribution is -2.58. The molecule has 0 N–H and O–H groups in total. The van der Waals surface area contributed by atoms with Crippen LogP contribution in [0.3, 0.4) is 0 Å². The molecule has 2 aliphatic heterocycles. The van der Waals surface area contributed by atoms with Crippen molar-refractivity contribution in [3.05, 3.63) is 0 Å². The molecule has 0 radical (unpaired) electrons. The first-order valence-corrected chi connectivity index (χ1v) is 8.90. The minimum absolute atomic E-state index is 0.00262. The summed E-state index contributed by atoms with van der Waals surface area (Å²) in [5.41, 5.74) is -0.287. The van der Waals surface area contributed by atoms with Crippen molar-refractivity contribution in [1.29, 1.82) is 0 Å². The Bertz CT molecular complexity index is 464. The molecule has 0 aromatic carbocycles. The molecule has 2 saturated heterocycles. The van der Waals surface area contributed by atoms with Crippen LogP contribution in [0.5, 0.6) is 0 Å². The summed E-state index contributed by atoms with van der Waals surface area (Å²) in [6, 6.07) is 0.00262. The molecular formula is C17H27NO5. The zero-order chi connectivity index (χ0) is 16.4. The lowest BCUT2D eigenvalue weighted by Gasteiger charge is -2.47. The molecule has 0 amide bonds. The third kappa shape index (κ3) is 2.87. The normalized spacial score (nSPS) is 36.3. The van der Waals surface area contributed by atoms with Crippen molar-refractivity contribution < 1.29 is 23.9 Å². The minimum atomic E-state index is -0.287. The predicted molar refractivity (Wildman–Crippen MR) is 82.3 cm³/mol. The highest BCUT2D eigenvalue weighted by atomic mass is 16.7. The second kappa shape index (κ2) is 6.77. The number of rotatable bonds is 5. The van der Waals surface area contributed by atoms with Gasteiger partial charge in [-0.25, -0.2) is 0 Å². The Morgan fingerprint density at radius 1 is 1.13 bits per heavy atom. The Labute approximate surface area is 137 Å². The topological polar surface area (TPSA) is 65.1 Å². The van der Waals surface area contributed by atoms with E-state index in [1.807, 2.05) is 18.9 Å². The Kier molecular flexibility index (Phi) is 4.92. The lowest BCUT2D eigenvalue weighted by molar-refractivity contribution is -0.224. The highest BCUT2D eigenvalue weighted by Gasteiger charge is 2.63. The number of hydroxylamine groups is 2. The van der Waals surface area contributed by atoms with Crippen LogP contribution in [0.4, 0.5) is 0 Å². The van der Waals surface area contributed by atoms with Crippen LogP contribution in [0.2, 0.25) is 0 Å². The van der Waals surface area contributed by atoms with Crippen LogP contribution < -0.4 is 0 Å². The van der Waals surface area contributed by atoms with Gasteiger partial charge in [-0.3, -0.25) is 14.4 Å². The van der Waals surface area contributed by atoms with Crippen LogP contribution in [-0.4, -0.2) is 47.9 Å². The monoisotopic (exact) mass is 325 g/mol. The second-order valence-electron chi connectivity index (χ2n) is 6.75. The SMILES string of the molecule is CCOC(=O)C[C@@H]1CCC[C@]23CCC[C@H](ON12)[C@@H]3C(=O)OCC. The van der Waals surface area contributed by atoms with Crippen molar-refractivity contribution in [3.8, 4) is 0 Å². The number of piperidine rings is 1. The van der Waals surface area contributed by atoms with Gasteiger partial charge in [-0.2, -0.15) is 5.06 Å². The Balaban J connectivity index is 1.81. The smallest absolute Gasteiger partial charge is 0.313 e. The van der Waals surface area contributed by atoms with Gasteiger partial charge in [0.15, 0.2) is 0 Å². The molecule has 1 aliphatic carbocycles. The van der Waals surface area contributed by atoms with Crippen LogP contribution in [0, 0.1) is 5.92 Å². The van der Waals surface area contributed by atoms with Crippen LogP contribution in [0.1, 0.15) is 58.8 Å². The Morgan fingerprint density at radius 3 is 2.52 bits per heavy atom. The predicted octanol–water partition coefficient (Wildman–Crippen LogP) is 2.21. The van der Waals surface area contributed by atoms with E-state index in [0.717, 1.165) is 38.5 Å². The minimum Gasteiger partial charge on any atom is -0.466 e. The summed E-state index contributed by atoms with van der Waals surface area (Å²) in [6.45, 7) is 4.44. The molecule has 0 unspecified atom stereocenters.